The van der Waals surface area contributed by atoms with Crippen LogP contribution in [0.3, 0.4) is 0 Å². The zero-order valence-corrected chi connectivity index (χ0v) is 22.8. The van der Waals surface area contributed by atoms with Crippen LogP contribution in [0.25, 0.3) is 33.6 Å². The average Bonchev–Trinajstić information content (AvgIpc) is 3.48. The van der Waals surface area contributed by atoms with Crippen LogP contribution in [-0.2, 0) is 18.6 Å². The molecule has 0 aliphatic carbocycles. The normalized spacial score (nSPS) is 12.3. The number of aromatic amines is 1. The number of halogens is 3. The number of pyridine rings is 1. The maximum absolute atomic E-state index is 13.1. The maximum atomic E-state index is 13.1. The number of aryl methyl sites for hydroxylation is 1. The van der Waals surface area contributed by atoms with Gasteiger partial charge in [0, 0.05) is 31.1 Å². The zero-order valence-electron chi connectivity index (χ0n) is 22.8. The molecule has 0 spiro atoms. The van der Waals surface area contributed by atoms with E-state index >= 15 is 0 Å². The lowest BCUT2D eigenvalue weighted by molar-refractivity contribution is -0.137. The highest BCUT2D eigenvalue weighted by Gasteiger charge is 2.30. The van der Waals surface area contributed by atoms with Crippen molar-refractivity contribution in [2.24, 2.45) is 7.05 Å². The number of anilines is 2. The molecule has 3 aromatic heterocycles. The fourth-order valence-electron chi connectivity index (χ4n) is 4.59. The van der Waals surface area contributed by atoms with Crippen molar-refractivity contribution in [3.8, 4) is 23.0 Å². The number of rotatable bonds is 5. The van der Waals surface area contributed by atoms with Crippen molar-refractivity contribution in [3.63, 3.8) is 0 Å². The predicted octanol–water partition coefficient (Wildman–Crippen LogP) is 8.36. The number of benzene rings is 3. The molecule has 0 aliphatic heterocycles. The number of nitrogens with one attached hydrogen (secondary N) is 2. The van der Waals surface area contributed by atoms with Crippen molar-refractivity contribution in [2.45, 2.75) is 32.4 Å². The molecule has 0 saturated heterocycles. The summed E-state index contributed by atoms with van der Waals surface area (Å²) in [7, 11) is 1.79. The minimum atomic E-state index is -4.43. The minimum Gasteiger partial charge on any atom is -0.457 e. The molecule has 208 valence electrons. The number of hydrogen-bond donors (Lipinski definition) is 2. The van der Waals surface area contributed by atoms with E-state index in [1.165, 1.54) is 11.6 Å². The molecule has 7 nitrogen and oxygen atoms in total. The summed E-state index contributed by atoms with van der Waals surface area (Å²) in [6.45, 7) is 6.50. The first-order valence-corrected chi connectivity index (χ1v) is 13.0. The Morgan fingerprint density at radius 2 is 1.63 bits per heavy atom. The van der Waals surface area contributed by atoms with E-state index in [1.54, 1.807) is 36.0 Å². The summed E-state index contributed by atoms with van der Waals surface area (Å²) in [4.78, 5) is 17.1. The van der Waals surface area contributed by atoms with Gasteiger partial charge in [0.25, 0.3) is 0 Å². The van der Waals surface area contributed by atoms with E-state index < -0.39 is 11.7 Å². The lowest BCUT2D eigenvalue weighted by Crippen LogP contribution is -2.10. The molecule has 3 aromatic carbocycles. The van der Waals surface area contributed by atoms with Crippen LogP contribution >= 0.6 is 0 Å². The van der Waals surface area contributed by atoms with Gasteiger partial charge in [-0.05, 0) is 59.5 Å². The van der Waals surface area contributed by atoms with Crippen molar-refractivity contribution in [2.75, 3.05) is 5.32 Å². The van der Waals surface area contributed by atoms with Crippen LogP contribution in [0.4, 0.5) is 24.8 Å². The quantitative estimate of drug-likeness (QED) is 0.223. The Bertz CT molecular complexity index is 1900. The van der Waals surface area contributed by atoms with Crippen molar-refractivity contribution in [3.05, 3.63) is 90.1 Å². The Balaban J connectivity index is 1.24. The first-order valence-electron chi connectivity index (χ1n) is 13.0. The van der Waals surface area contributed by atoms with Crippen molar-refractivity contribution >= 4 is 33.7 Å². The van der Waals surface area contributed by atoms with Crippen LogP contribution in [0.15, 0.2) is 79.0 Å². The van der Waals surface area contributed by atoms with Gasteiger partial charge in [0.05, 0.1) is 27.6 Å². The predicted molar refractivity (Wildman–Crippen MR) is 154 cm³/mol. The summed E-state index contributed by atoms with van der Waals surface area (Å²) in [6, 6.07) is 20.3. The molecular weight excluding hydrogens is 529 g/mol. The lowest BCUT2D eigenvalue weighted by Gasteiger charge is -2.18. The summed E-state index contributed by atoms with van der Waals surface area (Å²) < 4.78 is 47.3. The second-order valence-corrected chi connectivity index (χ2v) is 10.9. The van der Waals surface area contributed by atoms with E-state index in [4.69, 9.17) is 9.72 Å². The van der Waals surface area contributed by atoms with Crippen LogP contribution in [0, 0.1) is 0 Å². The molecule has 3 heterocycles. The molecule has 2 N–H and O–H groups in total. The van der Waals surface area contributed by atoms with Crippen molar-refractivity contribution < 1.29 is 17.9 Å². The summed E-state index contributed by atoms with van der Waals surface area (Å²) in [5.41, 5.74) is 4.63. The molecule has 6 rings (SSSR count). The number of alkyl halides is 3. The SMILES string of the molecule is Cn1c(Nc2cccc(C(F)(F)F)c2)nc2cc(Oc3ccnc(-c4nc5cc(C(C)(C)C)ccc5[nH]4)c3)ccc21. The number of aromatic nitrogens is 5. The van der Waals surface area contributed by atoms with Crippen molar-refractivity contribution in [1.82, 2.24) is 24.5 Å². The fourth-order valence-corrected chi connectivity index (χ4v) is 4.59. The van der Waals surface area contributed by atoms with E-state index in [9.17, 15) is 13.2 Å². The number of imidazole rings is 2. The van der Waals surface area contributed by atoms with Crippen LogP contribution in [0.1, 0.15) is 31.9 Å². The topological polar surface area (TPSA) is 80.7 Å². The summed E-state index contributed by atoms with van der Waals surface area (Å²) >= 11 is 0. The van der Waals surface area contributed by atoms with Gasteiger partial charge in [-0.3, -0.25) is 4.98 Å². The first-order chi connectivity index (χ1) is 19.4. The smallest absolute Gasteiger partial charge is 0.416 e. The number of fused-ring (bicyclic) bond motifs is 2. The third kappa shape index (κ3) is 5.32. The Kier molecular flexibility index (Phi) is 6.21. The van der Waals surface area contributed by atoms with Gasteiger partial charge in [0.2, 0.25) is 5.95 Å². The van der Waals surface area contributed by atoms with E-state index in [0.29, 0.717) is 40.2 Å². The molecule has 0 fully saturated rings. The lowest BCUT2D eigenvalue weighted by atomic mass is 9.87. The molecule has 10 heteroatoms. The van der Waals surface area contributed by atoms with Crippen LogP contribution < -0.4 is 10.1 Å². The Hall–Kier alpha value is -4.86. The molecule has 0 atom stereocenters. The highest BCUT2D eigenvalue weighted by molar-refractivity contribution is 5.82. The van der Waals surface area contributed by atoms with Crippen LogP contribution in [0.5, 0.6) is 11.5 Å². The number of hydrogen-bond acceptors (Lipinski definition) is 5. The average molecular weight is 557 g/mol. The van der Waals surface area contributed by atoms with Gasteiger partial charge in [-0.2, -0.15) is 13.2 Å². The molecule has 0 saturated carbocycles. The molecule has 41 heavy (non-hydrogen) atoms. The summed E-state index contributed by atoms with van der Waals surface area (Å²) in [6.07, 6.45) is -2.77. The third-order valence-corrected chi connectivity index (χ3v) is 6.86. The minimum absolute atomic E-state index is 0.0169. The van der Waals surface area contributed by atoms with Gasteiger partial charge >= 0.3 is 6.18 Å². The highest BCUT2D eigenvalue weighted by Crippen LogP contribution is 2.33. The second-order valence-electron chi connectivity index (χ2n) is 10.9. The largest absolute Gasteiger partial charge is 0.457 e. The molecule has 6 aromatic rings. The Labute approximate surface area is 234 Å². The van der Waals surface area contributed by atoms with Gasteiger partial charge < -0.3 is 19.6 Å². The summed E-state index contributed by atoms with van der Waals surface area (Å²) in [5, 5.41) is 2.98. The second kappa shape index (κ2) is 9.65. The summed E-state index contributed by atoms with van der Waals surface area (Å²) in [5.74, 6) is 2.17. The number of nitrogens with zero attached hydrogens (tertiary/aromatic N) is 4. The van der Waals surface area contributed by atoms with E-state index in [-0.39, 0.29) is 5.41 Å². The van der Waals surface area contributed by atoms with E-state index in [0.717, 1.165) is 28.7 Å². The monoisotopic (exact) mass is 556 g/mol. The third-order valence-electron chi connectivity index (χ3n) is 6.86. The molecule has 0 unspecified atom stereocenters. The van der Waals surface area contributed by atoms with Crippen molar-refractivity contribution in [1.29, 1.82) is 0 Å². The van der Waals surface area contributed by atoms with Gasteiger partial charge in [-0.15, -0.1) is 0 Å². The van der Waals surface area contributed by atoms with Crippen LogP contribution in [-0.4, -0.2) is 24.5 Å². The van der Waals surface area contributed by atoms with Gasteiger partial charge in [0.1, 0.15) is 17.2 Å². The first kappa shape index (κ1) is 26.4. The number of H-pyrrole nitrogens is 1. The van der Waals surface area contributed by atoms with E-state index in [2.05, 4.69) is 53.2 Å². The standard InChI is InChI=1S/C31H27F3N6O/c1-30(2,3)18-8-10-23-24(15-18)38-28(37-23)26-17-22(12-13-35-26)41-21-9-11-27-25(16-21)39-29(40(27)4)36-20-7-5-6-19(14-20)31(32,33)34/h5-17H,1-4H3,(H,36,39)(H,37,38). The van der Waals surface area contributed by atoms with E-state index in [1.807, 2.05) is 24.3 Å². The Morgan fingerprint density at radius 1 is 0.829 bits per heavy atom. The van der Waals surface area contributed by atoms with Gasteiger partial charge in [-0.25, -0.2) is 9.97 Å². The molecule has 0 aliphatic rings. The number of ether oxygens (including phenoxy) is 1. The molecule has 0 bridgehead atoms. The molecule has 0 amide bonds. The maximum Gasteiger partial charge on any atom is 0.416 e. The Morgan fingerprint density at radius 3 is 2.41 bits per heavy atom. The highest BCUT2D eigenvalue weighted by atomic mass is 19.4. The van der Waals surface area contributed by atoms with Gasteiger partial charge in [-0.1, -0.05) is 32.9 Å². The fraction of sp³-hybridized carbons (Fsp3) is 0.194. The molecular formula is C31H27F3N6O. The van der Waals surface area contributed by atoms with Crippen LogP contribution in [0.2, 0.25) is 0 Å². The zero-order chi connectivity index (χ0) is 28.9. The van der Waals surface area contributed by atoms with Gasteiger partial charge in [0.15, 0.2) is 5.82 Å². The molecule has 0 radical (unpaired) electrons.